The number of nitrogen functional groups attached to an aromatic ring is 1. The largest absolute Gasteiger partial charge is 0.397 e. The van der Waals surface area contributed by atoms with Gasteiger partial charge in [-0.3, -0.25) is 4.79 Å². The molecule has 0 saturated carbocycles. The van der Waals surface area contributed by atoms with Crippen molar-refractivity contribution in [1.82, 2.24) is 9.97 Å². The Morgan fingerprint density at radius 3 is 2.52 bits per heavy atom. The smallest absolute Gasteiger partial charge is 0.252 e. The third kappa shape index (κ3) is 2.75. The van der Waals surface area contributed by atoms with E-state index in [1.165, 1.54) is 0 Å². The van der Waals surface area contributed by atoms with Crippen LogP contribution < -0.4 is 21.3 Å². The van der Waals surface area contributed by atoms with Crippen molar-refractivity contribution in [2.24, 2.45) is 5.73 Å². The number of anilines is 3. The SMILES string of the molecule is NC(=O)c1cc(N)cnc1N1CCN(c2nccs2)CC1. The van der Waals surface area contributed by atoms with Crippen LogP contribution in [0.25, 0.3) is 0 Å². The van der Waals surface area contributed by atoms with Gasteiger partial charge in [0, 0.05) is 37.8 Å². The first-order valence-electron chi connectivity index (χ1n) is 6.60. The Hall–Kier alpha value is -2.35. The summed E-state index contributed by atoms with van der Waals surface area (Å²) >= 11 is 1.63. The highest BCUT2D eigenvalue weighted by molar-refractivity contribution is 7.13. The molecule has 1 aliphatic rings. The number of primary amides is 1. The van der Waals surface area contributed by atoms with Gasteiger partial charge in [-0.05, 0) is 6.07 Å². The molecule has 4 N–H and O–H groups in total. The van der Waals surface area contributed by atoms with Crippen molar-refractivity contribution < 1.29 is 4.79 Å². The summed E-state index contributed by atoms with van der Waals surface area (Å²) in [6, 6.07) is 1.58. The third-order valence-corrected chi connectivity index (χ3v) is 4.25. The standard InChI is InChI=1S/C13H16N6OS/c14-9-7-10(11(15)20)12(17-8-9)18-2-4-19(5-3-18)13-16-1-6-21-13/h1,6-8H,2-5,14H2,(H2,15,20). The lowest BCUT2D eigenvalue weighted by molar-refractivity contribution is 0.100. The Morgan fingerprint density at radius 2 is 1.90 bits per heavy atom. The molecule has 1 saturated heterocycles. The summed E-state index contributed by atoms with van der Waals surface area (Å²) in [5, 5.41) is 2.99. The fourth-order valence-electron chi connectivity index (χ4n) is 2.39. The molecule has 7 nitrogen and oxygen atoms in total. The fourth-order valence-corrected chi connectivity index (χ4v) is 3.09. The quantitative estimate of drug-likeness (QED) is 0.858. The number of amides is 1. The normalized spacial score (nSPS) is 15.2. The van der Waals surface area contributed by atoms with E-state index < -0.39 is 5.91 Å². The van der Waals surface area contributed by atoms with Crippen molar-refractivity contribution in [2.75, 3.05) is 41.7 Å². The van der Waals surface area contributed by atoms with E-state index in [1.807, 2.05) is 5.38 Å². The summed E-state index contributed by atoms with van der Waals surface area (Å²) in [6.45, 7) is 3.18. The molecule has 8 heteroatoms. The van der Waals surface area contributed by atoms with Crippen molar-refractivity contribution in [2.45, 2.75) is 0 Å². The van der Waals surface area contributed by atoms with Crippen LogP contribution in [-0.4, -0.2) is 42.1 Å². The lowest BCUT2D eigenvalue weighted by Crippen LogP contribution is -2.47. The lowest BCUT2D eigenvalue weighted by atomic mass is 10.2. The van der Waals surface area contributed by atoms with Gasteiger partial charge in [-0.1, -0.05) is 0 Å². The number of pyridine rings is 1. The van der Waals surface area contributed by atoms with Gasteiger partial charge < -0.3 is 21.3 Å². The van der Waals surface area contributed by atoms with Crippen LogP contribution in [-0.2, 0) is 0 Å². The number of hydrogen-bond acceptors (Lipinski definition) is 7. The summed E-state index contributed by atoms with van der Waals surface area (Å²) in [6.07, 6.45) is 3.36. The minimum atomic E-state index is -0.507. The predicted molar refractivity (Wildman–Crippen MR) is 83.7 cm³/mol. The molecule has 1 aliphatic heterocycles. The molecule has 2 aromatic heterocycles. The second-order valence-corrected chi connectivity index (χ2v) is 5.67. The Bertz CT molecular complexity index is 636. The zero-order chi connectivity index (χ0) is 14.8. The van der Waals surface area contributed by atoms with Gasteiger partial charge in [0.25, 0.3) is 5.91 Å². The first kappa shape index (κ1) is 13.6. The Balaban J connectivity index is 1.76. The van der Waals surface area contributed by atoms with Crippen LogP contribution in [0.2, 0.25) is 0 Å². The van der Waals surface area contributed by atoms with Gasteiger partial charge in [0.2, 0.25) is 0 Å². The highest BCUT2D eigenvalue weighted by Gasteiger charge is 2.23. The van der Waals surface area contributed by atoms with Crippen LogP contribution in [0.3, 0.4) is 0 Å². The zero-order valence-electron chi connectivity index (χ0n) is 11.4. The average molecular weight is 304 g/mol. The van der Waals surface area contributed by atoms with Crippen LogP contribution in [0.5, 0.6) is 0 Å². The van der Waals surface area contributed by atoms with E-state index in [2.05, 4.69) is 19.8 Å². The monoisotopic (exact) mass is 304 g/mol. The van der Waals surface area contributed by atoms with Gasteiger partial charge >= 0.3 is 0 Å². The number of hydrogen-bond donors (Lipinski definition) is 2. The molecule has 3 heterocycles. The van der Waals surface area contributed by atoms with Gasteiger partial charge in [0.1, 0.15) is 5.82 Å². The van der Waals surface area contributed by atoms with E-state index in [4.69, 9.17) is 11.5 Å². The molecule has 0 bridgehead atoms. The van der Waals surface area contributed by atoms with E-state index in [0.29, 0.717) is 17.1 Å². The molecule has 1 amide bonds. The highest BCUT2D eigenvalue weighted by atomic mass is 32.1. The van der Waals surface area contributed by atoms with Crippen molar-refractivity contribution in [3.63, 3.8) is 0 Å². The Morgan fingerprint density at radius 1 is 1.19 bits per heavy atom. The highest BCUT2D eigenvalue weighted by Crippen LogP contribution is 2.24. The number of piperazine rings is 1. The van der Waals surface area contributed by atoms with E-state index in [-0.39, 0.29) is 0 Å². The number of thiazole rings is 1. The van der Waals surface area contributed by atoms with Crippen LogP contribution in [0.15, 0.2) is 23.8 Å². The Labute approximate surface area is 126 Å². The average Bonchev–Trinajstić information content (AvgIpc) is 3.01. The molecule has 0 unspecified atom stereocenters. The maximum atomic E-state index is 11.5. The molecule has 0 aliphatic carbocycles. The van der Waals surface area contributed by atoms with E-state index in [0.717, 1.165) is 31.3 Å². The van der Waals surface area contributed by atoms with Gasteiger partial charge in [-0.25, -0.2) is 9.97 Å². The lowest BCUT2D eigenvalue weighted by Gasteiger charge is -2.35. The topological polar surface area (TPSA) is 101 Å². The van der Waals surface area contributed by atoms with E-state index in [1.54, 1.807) is 29.8 Å². The third-order valence-electron chi connectivity index (χ3n) is 3.42. The first-order valence-corrected chi connectivity index (χ1v) is 7.48. The van der Waals surface area contributed by atoms with E-state index >= 15 is 0 Å². The van der Waals surface area contributed by atoms with Crippen LogP contribution >= 0.6 is 11.3 Å². The number of aromatic nitrogens is 2. The minimum absolute atomic E-state index is 0.373. The van der Waals surface area contributed by atoms with Gasteiger partial charge in [-0.2, -0.15) is 0 Å². The number of nitrogens with two attached hydrogens (primary N) is 2. The van der Waals surface area contributed by atoms with Crippen molar-refractivity contribution in [3.05, 3.63) is 29.4 Å². The molecular weight excluding hydrogens is 288 g/mol. The summed E-state index contributed by atoms with van der Waals surface area (Å²) in [7, 11) is 0. The van der Waals surface area contributed by atoms with Crippen molar-refractivity contribution in [1.29, 1.82) is 0 Å². The molecule has 21 heavy (non-hydrogen) atoms. The molecule has 0 spiro atoms. The summed E-state index contributed by atoms with van der Waals surface area (Å²) in [5.74, 6) is 0.0997. The number of nitrogens with zero attached hydrogens (tertiary/aromatic N) is 4. The molecule has 3 rings (SSSR count). The van der Waals surface area contributed by atoms with Crippen LogP contribution in [0.4, 0.5) is 16.6 Å². The van der Waals surface area contributed by atoms with E-state index in [9.17, 15) is 4.79 Å². The second kappa shape index (κ2) is 5.57. The maximum absolute atomic E-state index is 11.5. The Kier molecular flexibility index (Phi) is 3.61. The molecule has 0 atom stereocenters. The maximum Gasteiger partial charge on any atom is 0.252 e. The van der Waals surface area contributed by atoms with Crippen molar-refractivity contribution in [3.8, 4) is 0 Å². The van der Waals surface area contributed by atoms with Crippen LogP contribution in [0, 0.1) is 0 Å². The number of carbonyl (C=O) groups is 1. The molecule has 0 aromatic carbocycles. The van der Waals surface area contributed by atoms with Gasteiger partial charge in [0.15, 0.2) is 5.13 Å². The molecule has 110 valence electrons. The van der Waals surface area contributed by atoms with Crippen molar-refractivity contribution >= 4 is 33.9 Å². The second-order valence-electron chi connectivity index (χ2n) is 4.79. The van der Waals surface area contributed by atoms with Crippen LogP contribution in [0.1, 0.15) is 10.4 Å². The number of rotatable bonds is 3. The minimum Gasteiger partial charge on any atom is -0.397 e. The molecular formula is C13H16N6OS. The van der Waals surface area contributed by atoms with Gasteiger partial charge in [-0.15, -0.1) is 11.3 Å². The number of carbonyl (C=O) groups excluding carboxylic acids is 1. The molecule has 1 fully saturated rings. The summed E-state index contributed by atoms with van der Waals surface area (Å²) in [4.78, 5) is 24.4. The predicted octanol–water partition coefficient (Wildman–Crippen LogP) is 0.546. The first-order chi connectivity index (χ1) is 10.1. The molecule has 0 radical (unpaired) electrons. The van der Waals surface area contributed by atoms with Gasteiger partial charge in [0.05, 0.1) is 17.4 Å². The summed E-state index contributed by atoms with van der Waals surface area (Å²) < 4.78 is 0. The summed E-state index contributed by atoms with van der Waals surface area (Å²) in [5.41, 5.74) is 11.9. The molecule has 2 aromatic rings. The zero-order valence-corrected chi connectivity index (χ0v) is 12.2. The fraction of sp³-hybridized carbons (Fsp3) is 0.308.